The number of urea groups is 1. The molecule has 1 heterocycles. The summed E-state index contributed by atoms with van der Waals surface area (Å²) in [7, 11) is 0. The van der Waals surface area contributed by atoms with Crippen LogP contribution in [0.1, 0.15) is 20.3 Å². The number of carbonyl (C=O) groups is 2. The Bertz CT molecular complexity index is 310. The molecule has 2 amide bonds. The number of nitrogens with one attached hydrogen (secondary N) is 1. The monoisotopic (exact) mass is 260 g/mol. The van der Waals surface area contributed by atoms with E-state index in [2.05, 4.69) is 5.32 Å². The smallest absolute Gasteiger partial charge is 0.326 e. The van der Waals surface area contributed by atoms with Gasteiger partial charge in [0.25, 0.3) is 0 Å². The number of carbonyl (C=O) groups excluding carboxylic acids is 1. The van der Waals surface area contributed by atoms with Gasteiger partial charge in [0.05, 0.1) is 12.2 Å². The van der Waals surface area contributed by atoms with Gasteiger partial charge < -0.3 is 25.2 Å². The van der Waals surface area contributed by atoms with Gasteiger partial charge in [0.1, 0.15) is 6.04 Å². The number of nitrogens with zero attached hydrogens (tertiary/aromatic N) is 1. The van der Waals surface area contributed by atoms with E-state index in [1.54, 1.807) is 0 Å². The number of likely N-dealkylation sites (tertiary alicyclic amines) is 1. The molecule has 0 radical (unpaired) electrons. The largest absolute Gasteiger partial charge is 0.480 e. The Hall–Kier alpha value is -1.34. The molecular weight excluding hydrogens is 240 g/mol. The number of β-amino-alcohol motifs (C(OH)–C–C–N with tert-alkyl or cyclic N) is 1. The number of rotatable bonds is 5. The van der Waals surface area contributed by atoms with E-state index in [-0.39, 0.29) is 19.1 Å². The molecule has 1 fully saturated rings. The van der Waals surface area contributed by atoms with Crippen LogP contribution in [0.5, 0.6) is 0 Å². The number of aliphatic hydroxyl groups is 1. The van der Waals surface area contributed by atoms with Gasteiger partial charge in [-0.25, -0.2) is 9.59 Å². The van der Waals surface area contributed by atoms with E-state index in [9.17, 15) is 14.7 Å². The van der Waals surface area contributed by atoms with Crippen molar-refractivity contribution in [2.24, 2.45) is 0 Å². The predicted octanol–water partition coefficient (Wildman–Crippen LogP) is -0.359. The summed E-state index contributed by atoms with van der Waals surface area (Å²) in [5, 5.41) is 21.0. The second-order valence-electron chi connectivity index (χ2n) is 4.35. The first kappa shape index (κ1) is 14.7. The van der Waals surface area contributed by atoms with Crippen LogP contribution >= 0.6 is 0 Å². The van der Waals surface area contributed by atoms with Crippen molar-refractivity contribution in [3.63, 3.8) is 0 Å². The van der Waals surface area contributed by atoms with E-state index < -0.39 is 24.1 Å². The Balaban J connectivity index is 2.47. The van der Waals surface area contributed by atoms with Gasteiger partial charge in [-0.1, -0.05) is 0 Å². The second kappa shape index (κ2) is 6.55. The lowest BCUT2D eigenvalue weighted by Crippen LogP contribution is -2.47. The maximum absolute atomic E-state index is 11.8. The molecular formula is C11H20N2O5. The Labute approximate surface area is 106 Å². The van der Waals surface area contributed by atoms with E-state index in [0.717, 1.165) is 4.90 Å². The molecule has 7 nitrogen and oxygen atoms in total. The summed E-state index contributed by atoms with van der Waals surface area (Å²) in [6.07, 6.45) is -0.833. The third kappa shape index (κ3) is 3.85. The standard InChI is InChI=1S/C11H20N2O5/c1-3-18-7(2)5-12-11(17)13-6-8(14)4-9(13)10(15)16/h7-9,14H,3-6H2,1-2H3,(H,12,17)(H,15,16)/t7?,8-,9-/m1/s1. The molecule has 1 rings (SSSR count). The Morgan fingerprint density at radius 1 is 1.56 bits per heavy atom. The van der Waals surface area contributed by atoms with Crippen LogP contribution in [0.15, 0.2) is 0 Å². The fourth-order valence-electron chi connectivity index (χ4n) is 1.95. The van der Waals surface area contributed by atoms with Crippen LogP contribution in [-0.2, 0) is 9.53 Å². The summed E-state index contributed by atoms with van der Waals surface area (Å²) in [4.78, 5) is 23.9. The van der Waals surface area contributed by atoms with Crippen molar-refractivity contribution in [1.29, 1.82) is 0 Å². The molecule has 0 aromatic heterocycles. The molecule has 1 aliphatic rings. The number of carboxylic acids is 1. The number of hydrogen-bond acceptors (Lipinski definition) is 4. The molecule has 7 heteroatoms. The quantitative estimate of drug-likeness (QED) is 0.627. The molecule has 0 spiro atoms. The lowest BCUT2D eigenvalue weighted by molar-refractivity contribution is -0.141. The number of hydrogen-bond donors (Lipinski definition) is 3. The lowest BCUT2D eigenvalue weighted by Gasteiger charge is -2.22. The van der Waals surface area contributed by atoms with Gasteiger partial charge in [-0.3, -0.25) is 0 Å². The average Bonchev–Trinajstić information content (AvgIpc) is 2.69. The number of aliphatic hydroxyl groups excluding tert-OH is 1. The Morgan fingerprint density at radius 2 is 2.22 bits per heavy atom. The minimum absolute atomic E-state index is 0.0474. The van der Waals surface area contributed by atoms with Gasteiger partial charge in [-0.05, 0) is 13.8 Å². The van der Waals surface area contributed by atoms with E-state index >= 15 is 0 Å². The predicted molar refractivity (Wildman–Crippen MR) is 63.2 cm³/mol. The molecule has 0 aliphatic carbocycles. The third-order valence-electron chi connectivity index (χ3n) is 2.82. The zero-order valence-corrected chi connectivity index (χ0v) is 10.6. The average molecular weight is 260 g/mol. The van der Waals surface area contributed by atoms with Gasteiger partial charge in [-0.15, -0.1) is 0 Å². The molecule has 0 aromatic carbocycles. The van der Waals surface area contributed by atoms with Gasteiger partial charge in [0.2, 0.25) is 0 Å². The molecule has 104 valence electrons. The van der Waals surface area contributed by atoms with Crippen molar-refractivity contribution < 1.29 is 24.5 Å². The third-order valence-corrected chi connectivity index (χ3v) is 2.82. The molecule has 0 saturated carbocycles. The van der Waals surface area contributed by atoms with E-state index in [4.69, 9.17) is 9.84 Å². The van der Waals surface area contributed by atoms with E-state index in [0.29, 0.717) is 13.2 Å². The van der Waals surface area contributed by atoms with Gasteiger partial charge in [-0.2, -0.15) is 0 Å². The van der Waals surface area contributed by atoms with E-state index in [1.807, 2.05) is 13.8 Å². The van der Waals surface area contributed by atoms with Crippen molar-refractivity contribution in [2.45, 2.75) is 38.5 Å². The molecule has 1 unspecified atom stereocenters. The van der Waals surface area contributed by atoms with Crippen LogP contribution in [0.4, 0.5) is 4.79 Å². The first-order valence-corrected chi connectivity index (χ1v) is 6.02. The molecule has 18 heavy (non-hydrogen) atoms. The van der Waals surface area contributed by atoms with Crippen LogP contribution in [0.2, 0.25) is 0 Å². The van der Waals surface area contributed by atoms with Gasteiger partial charge >= 0.3 is 12.0 Å². The first-order valence-electron chi connectivity index (χ1n) is 6.02. The zero-order chi connectivity index (χ0) is 13.7. The molecule has 1 aliphatic heterocycles. The molecule has 0 aromatic rings. The van der Waals surface area contributed by atoms with E-state index in [1.165, 1.54) is 0 Å². The van der Waals surface area contributed by atoms with Crippen LogP contribution in [0.25, 0.3) is 0 Å². The zero-order valence-electron chi connectivity index (χ0n) is 10.6. The number of aliphatic carboxylic acids is 1. The summed E-state index contributed by atoms with van der Waals surface area (Å²) in [5.41, 5.74) is 0. The van der Waals surface area contributed by atoms with Crippen LogP contribution in [0, 0.1) is 0 Å². The second-order valence-corrected chi connectivity index (χ2v) is 4.35. The number of amides is 2. The highest BCUT2D eigenvalue weighted by Crippen LogP contribution is 2.17. The van der Waals surface area contributed by atoms with Crippen molar-refractivity contribution in [2.75, 3.05) is 19.7 Å². The van der Waals surface area contributed by atoms with Crippen molar-refractivity contribution in [3.05, 3.63) is 0 Å². The van der Waals surface area contributed by atoms with Crippen molar-refractivity contribution >= 4 is 12.0 Å². The fourth-order valence-corrected chi connectivity index (χ4v) is 1.95. The highest BCUT2D eigenvalue weighted by molar-refractivity contribution is 5.83. The van der Waals surface area contributed by atoms with Crippen LogP contribution in [0.3, 0.4) is 0 Å². The molecule has 1 saturated heterocycles. The summed E-state index contributed by atoms with van der Waals surface area (Å²) in [5.74, 6) is -1.10. The maximum atomic E-state index is 11.8. The minimum atomic E-state index is -1.10. The Morgan fingerprint density at radius 3 is 2.78 bits per heavy atom. The number of ether oxygens (including phenoxy) is 1. The molecule has 3 N–H and O–H groups in total. The molecule has 3 atom stereocenters. The highest BCUT2D eigenvalue weighted by atomic mass is 16.5. The summed E-state index contributed by atoms with van der Waals surface area (Å²) in [6.45, 7) is 4.58. The van der Waals surface area contributed by atoms with Gasteiger partial charge in [0.15, 0.2) is 0 Å². The Kier molecular flexibility index (Phi) is 5.36. The maximum Gasteiger partial charge on any atom is 0.326 e. The highest BCUT2D eigenvalue weighted by Gasteiger charge is 2.38. The topological polar surface area (TPSA) is 99.1 Å². The summed E-state index contributed by atoms with van der Waals surface area (Å²) >= 11 is 0. The normalized spacial score (nSPS) is 24.9. The van der Waals surface area contributed by atoms with Crippen LogP contribution < -0.4 is 5.32 Å². The lowest BCUT2D eigenvalue weighted by atomic mass is 10.2. The summed E-state index contributed by atoms with van der Waals surface area (Å²) < 4.78 is 5.25. The fraction of sp³-hybridized carbons (Fsp3) is 0.818. The molecule has 0 bridgehead atoms. The SMILES string of the molecule is CCOC(C)CNC(=O)N1C[C@H](O)C[C@@H]1C(=O)O. The van der Waals surface area contributed by atoms with Gasteiger partial charge in [0, 0.05) is 26.1 Å². The minimum Gasteiger partial charge on any atom is -0.480 e. The van der Waals surface area contributed by atoms with Crippen molar-refractivity contribution in [3.8, 4) is 0 Å². The summed E-state index contributed by atoms with van der Waals surface area (Å²) in [6, 6.07) is -1.44. The van der Waals surface area contributed by atoms with Crippen molar-refractivity contribution in [1.82, 2.24) is 10.2 Å². The van der Waals surface area contributed by atoms with Crippen LogP contribution in [-0.4, -0.2) is 65.1 Å². The number of carboxylic acid groups (broad SMARTS) is 1. The first-order chi connectivity index (χ1) is 8.45.